The van der Waals surface area contributed by atoms with Gasteiger partial charge in [0.2, 0.25) is 0 Å². The van der Waals surface area contributed by atoms with Gasteiger partial charge >= 0.3 is 0 Å². The van der Waals surface area contributed by atoms with Gasteiger partial charge in [-0.3, -0.25) is 0 Å². The molecule has 0 spiro atoms. The highest BCUT2D eigenvalue weighted by atomic mass is 15.1. The molecule has 0 aliphatic rings. The monoisotopic (exact) mass is 184 g/mol. The van der Waals surface area contributed by atoms with Gasteiger partial charge in [0.25, 0.3) is 0 Å². The normalized spacial score (nSPS) is 9.93. The van der Waals surface area contributed by atoms with E-state index in [0.29, 0.717) is 0 Å². The van der Waals surface area contributed by atoms with Gasteiger partial charge in [-0.05, 0) is 12.1 Å². The topological polar surface area (TPSA) is 72.3 Å². The predicted molar refractivity (Wildman–Crippen MR) is 50.5 cm³/mol. The molecule has 68 valence electrons. The minimum atomic E-state index is -0.706. The zero-order valence-corrected chi connectivity index (χ0v) is 7.46. The van der Waals surface area contributed by atoms with Crippen molar-refractivity contribution in [1.29, 1.82) is 10.5 Å². The summed E-state index contributed by atoms with van der Waals surface area (Å²) in [5, 5.41) is 24.5. The number of nitrogens with zero attached hydrogens (tertiary/aromatic N) is 4. The molecular formula is C10H8N4. The summed E-state index contributed by atoms with van der Waals surface area (Å²) in [6.07, 6.45) is 0. The van der Waals surface area contributed by atoms with Gasteiger partial charge in [-0.1, -0.05) is 18.2 Å². The SMILES string of the molecule is N#CC(C#N)CN=Nc1ccccc1. The van der Waals surface area contributed by atoms with Gasteiger partial charge in [0.1, 0.15) is 0 Å². The fourth-order valence-corrected chi connectivity index (χ4v) is 0.809. The fourth-order valence-electron chi connectivity index (χ4n) is 0.809. The standard InChI is InChI=1S/C10H8N4/c11-6-9(7-12)8-13-14-10-4-2-1-3-5-10/h1-5,9H,8H2. The van der Waals surface area contributed by atoms with Gasteiger partial charge < -0.3 is 0 Å². The van der Waals surface area contributed by atoms with Crippen LogP contribution in [-0.4, -0.2) is 6.54 Å². The van der Waals surface area contributed by atoms with E-state index in [0.717, 1.165) is 5.69 Å². The highest BCUT2D eigenvalue weighted by molar-refractivity contribution is 5.34. The number of benzene rings is 1. The molecule has 0 amide bonds. The molecule has 1 aromatic rings. The Bertz CT molecular complexity index is 369. The second kappa shape index (κ2) is 5.45. The van der Waals surface area contributed by atoms with Gasteiger partial charge in [-0.15, -0.1) is 0 Å². The summed E-state index contributed by atoms with van der Waals surface area (Å²) in [5.41, 5.74) is 0.724. The third kappa shape index (κ3) is 3.04. The largest absolute Gasteiger partial charge is 0.197 e. The maximum atomic E-state index is 8.45. The summed E-state index contributed by atoms with van der Waals surface area (Å²) in [6, 6.07) is 12.8. The molecule has 1 rings (SSSR count). The average molecular weight is 184 g/mol. The maximum Gasteiger partial charge on any atom is 0.154 e. The molecule has 0 aliphatic carbocycles. The number of rotatable bonds is 3. The summed E-state index contributed by atoms with van der Waals surface area (Å²) in [6.45, 7) is 0.127. The minimum Gasteiger partial charge on any atom is -0.197 e. The molecule has 0 N–H and O–H groups in total. The van der Waals surface area contributed by atoms with E-state index in [2.05, 4.69) is 10.2 Å². The Hall–Kier alpha value is -2.20. The van der Waals surface area contributed by atoms with Gasteiger partial charge in [0, 0.05) is 0 Å². The molecule has 0 radical (unpaired) electrons. The van der Waals surface area contributed by atoms with Crippen molar-refractivity contribution in [2.24, 2.45) is 16.1 Å². The maximum absolute atomic E-state index is 8.45. The molecule has 0 aliphatic heterocycles. The van der Waals surface area contributed by atoms with Crippen LogP contribution in [0.2, 0.25) is 0 Å². The highest BCUT2D eigenvalue weighted by Crippen LogP contribution is 2.10. The van der Waals surface area contributed by atoms with Crippen molar-refractivity contribution >= 4 is 5.69 Å². The van der Waals surface area contributed by atoms with Crippen LogP contribution in [0.3, 0.4) is 0 Å². The number of hydrogen-bond acceptors (Lipinski definition) is 4. The molecule has 0 heterocycles. The second-order valence-electron chi connectivity index (χ2n) is 2.57. The summed E-state index contributed by atoms with van der Waals surface area (Å²) < 4.78 is 0. The second-order valence-corrected chi connectivity index (χ2v) is 2.57. The van der Waals surface area contributed by atoms with Crippen LogP contribution < -0.4 is 0 Å². The van der Waals surface area contributed by atoms with Gasteiger partial charge in [-0.2, -0.15) is 20.8 Å². The van der Waals surface area contributed by atoms with Crippen LogP contribution in [0.15, 0.2) is 40.6 Å². The predicted octanol–water partition coefficient (Wildman–Crippen LogP) is 2.43. The lowest BCUT2D eigenvalue weighted by Gasteiger charge is -1.91. The molecule has 0 aromatic heterocycles. The molecule has 1 aromatic carbocycles. The summed E-state index contributed by atoms with van der Waals surface area (Å²) in [4.78, 5) is 0. The lowest BCUT2D eigenvalue weighted by molar-refractivity contribution is 0.809. The van der Waals surface area contributed by atoms with Crippen molar-refractivity contribution < 1.29 is 0 Å². The van der Waals surface area contributed by atoms with Crippen LogP contribution >= 0.6 is 0 Å². The fraction of sp³-hybridized carbons (Fsp3) is 0.200. The zero-order valence-electron chi connectivity index (χ0n) is 7.46. The van der Waals surface area contributed by atoms with E-state index >= 15 is 0 Å². The van der Waals surface area contributed by atoms with Crippen molar-refractivity contribution in [2.75, 3.05) is 6.54 Å². The third-order valence-corrected chi connectivity index (χ3v) is 1.52. The lowest BCUT2D eigenvalue weighted by atomic mass is 10.2. The molecule has 4 nitrogen and oxygen atoms in total. The van der Waals surface area contributed by atoms with Crippen LogP contribution in [-0.2, 0) is 0 Å². The quantitative estimate of drug-likeness (QED) is 0.676. The Balaban J connectivity index is 2.51. The molecule has 14 heavy (non-hydrogen) atoms. The Morgan fingerprint density at radius 3 is 2.36 bits per heavy atom. The number of azo groups is 1. The van der Waals surface area contributed by atoms with E-state index in [9.17, 15) is 0 Å². The lowest BCUT2D eigenvalue weighted by Crippen LogP contribution is -1.95. The van der Waals surface area contributed by atoms with Crippen LogP contribution in [0.1, 0.15) is 0 Å². The summed E-state index contributed by atoms with van der Waals surface area (Å²) in [7, 11) is 0. The van der Waals surface area contributed by atoms with Crippen LogP contribution in [0, 0.1) is 28.6 Å². The highest BCUT2D eigenvalue weighted by Gasteiger charge is 2.02. The molecule has 0 atom stereocenters. The Labute approximate surface area is 82.1 Å². The minimum absolute atomic E-state index is 0.127. The Morgan fingerprint density at radius 1 is 1.14 bits per heavy atom. The van der Waals surface area contributed by atoms with Gasteiger partial charge in [0.05, 0.1) is 24.4 Å². The first-order valence-electron chi connectivity index (χ1n) is 4.08. The third-order valence-electron chi connectivity index (χ3n) is 1.52. The van der Waals surface area contributed by atoms with Crippen molar-refractivity contribution in [2.45, 2.75) is 0 Å². The Morgan fingerprint density at radius 2 is 1.79 bits per heavy atom. The van der Waals surface area contributed by atoms with Crippen molar-refractivity contribution in [3.8, 4) is 12.1 Å². The van der Waals surface area contributed by atoms with Crippen LogP contribution in [0.5, 0.6) is 0 Å². The van der Waals surface area contributed by atoms with Crippen LogP contribution in [0.25, 0.3) is 0 Å². The van der Waals surface area contributed by atoms with E-state index in [1.807, 2.05) is 30.3 Å². The molecule has 0 bridgehead atoms. The van der Waals surface area contributed by atoms with Crippen LogP contribution in [0.4, 0.5) is 5.69 Å². The Kier molecular flexibility index (Phi) is 3.85. The van der Waals surface area contributed by atoms with Crippen molar-refractivity contribution in [1.82, 2.24) is 0 Å². The van der Waals surface area contributed by atoms with E-state index in [1.165, 1.54) is 0 Å². The summed E-state index contributed by atoms with van der Waals surface area (Å²) in [5.74, 6) is -0.706. The zero-order chi connectivity index (χ0) is 10.2. The first kappa shape index (κ1) is 9.88. The van der Waals surface area contributed by atoms with Crippen molar-refractivity contribution in [3.63, 3.8) is 0 Å². The van der Waals surface area contributed by atoms with Gasteiger partial charge in [-0.25, -0.2) is 0 Å². The first-order chi connectivity index (χ1) is 6.86. The molecule has 0 fully saturated rings. The average Bonchev–Trinajstić information content (AvgIpc) is 2.26. The van der Waals surface area contributed by atoms with Crippen molar-refractivity contribution in [3.05, 3.63) is 30.3 Å². The molecular weight excluding hydrogens is 176 g/mol. The molecule has 0 saturated heterocycles. The smallest absolute Gasteiger partial charge is 0.154 e. The van der Waals surface area contributed by atoms with E-state index in [1.54, 1.807) is 12.1 Å². The first-order valence-corrected chi connectivity index (χ1v) is 4.08. The van der Waals surface area contributed by atoms with E-state index in [-0.39, 0.29) is 6.54 Å². The number of nitriles is 2. The summed E-state index contributed by atoms with van der Waals surface area (Å²) >= 11 is 0. The molecule has 4 heteroatoms. The number of hydrogen-bond donors (Lipinski definition) is 0. The van der Waals surface area contributed by atoms with E-state index in [4.69, 9.17) is 10.5 Å². The molecule has 0 unspecified atom stereocenters. The van der Waals surface area contributed by atoms with Gasteiger partial charge in [0.15, 0.2) is 5.92 Å². The molecule has 0 saturated carbocycles. The van der Waals surface area contributed by atoms with E-state index < -0.39 is 5.92 Å².